The summed E-state index contributed by atoms with van der Waals surface area (Å²) >= 11 is 0. The lowest BCUT2D eigenvalue weighted by Gasteiger charge is -2.10. The van der Waals surface area contributed by atoms with Crippen molar-refractivity contribution in [2.45, 2.75) is 26.7 Å². The Balaban J connectivity index is 1.62. The Morgan fingerprint density at radius 3 is 2.00 bits per heavy atom. The minimum absolute atomic E-state index is 0.00984. The quantitative estimate of drug-likeness (QED) is 0.658. The smallest absolute Gasteiger partial charge is 0.258 e. The summed E-state index contributed by atoms with van der Waals surface area (Å²) in [6, 6.07) is 15.2. The molecule has 5 heteroatoms. The van der Waals surface area contributed by atoms with Gasteiger partial charge in [-0.25, -0.2) is 0 Å². The van der Waals surface area contributed by atoms with E-state index in [-0.39, 0.29) is 12.5 Å². The van der Waals surface area contributed by atoms with Crippen LogP contribution < -0.4 is 19.5 Å². The van der Waals surface area contributed by atoms with Crippen molar-refractivity contribution in [3.63, 3.8) is 0 Å². The summed E-state index contributed by atoms with van der Waals surface area (Å²) in [5, 5.41) is 2.77. The van der Waals surface area contributed by atoms with E-state index in [2.05, 4.69) is 19.2 Å². The summed E-state index contributed by atoms with van der Waals surface area (Å²) in [6.45, 7) is 7.65. The lowest BCUT2D eigenvalue weighted by Crippen LogP contribution is -2.32. The number of hydrogen-bond acceptors (Lipinski definition) is 4. The standard InChI is InChI=1S/C21H27NO4/c1-4-24-18-9-11-19(12-10-18)25-14-13-22-21(23)15-26-20-7-5-17(6-8-20)16(2)3/h5-12,16H,4,13-15H2,1-3H3,(H,22,23). The molecule has 5 nitrogen and oxygen atoms in total. The molecule has 2 rings (SSSR count). The van der Waals surface area contributed by atoms with Crippen molar-refractivity contribution in [2.24, 2.45) is 0 Å². The van der Waals surface area contributed by atoms with Crippen LogP contribution in [-0.2, 0) is 4.79 Å². The molecular formula is C21H27NO4. The number of amides is 1. The fraction of sp³-hybridized carbons (Fsp3) is 0.381. The lowest BCUT2D eigenvalue weighted by atomic mass is 10.0. The predicted molar refractivity (Wildman–Crippen MR) is 102 cm³/mol. The van der Waals surface area contributed by atoms with Crippen molar-refractivity contribution >= 4 is 5.91 Å². The molecule has 2 aromatic rings. The molecule has 2 aromatic carbocycles. The van der Waals surface area contributed by atoms with Gasteiger partial charge in [0, 0.05) is 0 Å². The number of nitrogens with one attached hydrogen (secondary N) is 1. The Morgan fingerprint density at radius 1 is 0.885 bits per heavy atom. The summed E-state index contributed by atoms with van der Waals surface area (Å²) in [6.07, 6.45) is 0. The van der Waals surface area contributed by atoms with Crippen LogP contribution in [0.3, 0.4) is 0 Å². The molecular weight excluding hydrogens is 330 g/mol. The Hall–Kier alpha value is -2.69. The number of benzene rings is 2. The number of carbonyl (C=O) groups is 1. The zero-order valence-electron chi connectivity index (χ0n) is 15.7. The van der Waals surface area contributed by atoms with Gasteiger partial charge in [0.15, 0.2) is 6.61 Å². The third-order valence-electron chi connectivity index (χ3n) is 3.74. The summed E-state index contributed by atoms with van der Waals surface area (Å²) in [7, 11) is 0. The van der Waals surface area contributed by atoms with E-state index in [0.717, 1.165) is 11.5 Å². The molecule has 0 aliphatic rings. The van der Waals surface area contributed by atoms with E-state index in [1.54, 1.807) is 0 Å². The molecule has 0 fully saturated rings. The molecule has 26 heavy (non-hydrogen) atoms. The molecule has 0 aromatic heterocycles. The molecule has 0 atom stereocenters. The van der Waals surface area contributed by atoms with Gasteiger partial charge in [-0.2, -0.15) is 0 Å². The normalized spacial score (nSPS) is 10.5. The molecule has 0 aliphatic heterocycles. The second kappa shape index (κ2) is 10.3. The van der Waals surface area contributed by atoms with E-state index in [9.17, 15) is 4.79 Å². The highest BCUT2D eigenvalue weighted by atomic mass is 16.5. The third-order valence-corrected chi connectivity index (χ3v) is 3.74. The average Bonchev–Trinajstić information content (AvgIpc) is 2.65. The maximum absolute atomic E-state index is 11.8. The fourth-order valence-corrected chi connectivity index (χ4v) is 2.31. The van der Waals surface area contributed by atoms with Gasteiger partial charge in [0.25, 0.3) is 5.91 Å². The van der Waals surface area contributed by atoms with E-state index < -0.39 is 0 Å². The highest BCUT2D eigenvalue weighted by Gasteiger charge is 2.04. The molecule has 0 spiro atoms. The van der Waals surface area contributed by atoms with Crippen molar-refractivity contribution in [1.82, 2.24) is 5.32 Å². The zero-order chi connectivity index (χ0) is 18.8. The van der Waals surface area contributed by atoms with Crippen molar-refractivity contribution in [3.05, 3.63) is 54.1 Å². The van der Waals surface area contributed by atoms with Gasteiger partial charge in [0.2, 0.25) is 0 Å². The van der Waals surface area contributed by atoms with Crippen LogP contribution in [-0.4, -0.2) is 32.3 Å². The SMILES string of the molecule is CCOc1ccc(OCCNC(=O)COc2ccc(C(C)C)cc2)cc1. The van der Waals surface area contributed by atoms with Crippen LogP contribution in [0.2, 0.25) is 0 Å². The minimum atomic E-state index is -0.173. The Kier molecular flexibility index (Phi) is 7.80. The Labute approximate surface area is 155 Å². The third kappa shape index (κ3) is 6.67. The number of hydrogen-bond donors (Lipinski definition) is 1. The van der Waals surface area contributed by atoms with E-state index in [4.69, 9.17) is 14.2 Å². The van der Waals surface area contributed by atoms with Gasteiger partial charge in [0.05, 0.1) is 13.2 Å². The number of carbonyl (C=O) groups excluding carboxylic acids is 1. The summed E-state index contributed by atoms with van der Waals surface area (Å²) in [4.78, 5) is 11.8. The van der Waals surface area contributed by atoms with E-state index in [0.29, 0.717) is 31.4 Å². The molecule has 0 saturated carbocycles. The maximum atomic E-state index is 11.8. The van der Waals surface area contributed by atoms with Gasteiger partial charge >= 0.3 is 0 Å². The van der Waals surface area contributed by atoms with Gasteiger partial charge in [-0.15, -0.1) is 0 Å². The maximum Gasteiger partial charge on any atom is 0.258 e. The van der Waals surface area contributed by atoms with Gasteiger partial charge in [0.1, 0.15) is 23.9 Å². The van der Waals surface area contributed by atoms with Crippen LogP contribution in [0.1, 0.15) is 32.3 Å². The summed E-state index contributed by atoms with van der Waals surface area (Å²) in [5.74, 6) is 2.54. The predicted octanol–water partition coefficient (Wildman–Crippen LogP) is 3.78. The molecule has 0 bridgehead atoms. The highest BCUT2D eigenvalue weighted by molar-refractivity contribution is 5.77. The van der Waals surface area contributed by atoms with Gasteiger partial charge in [-0.05, 0) is 54.8 Å². The first kappa shape index (κ1) is 19.6. The molecule has 0 unspecified atom stereocenters. The van der Waals surface area contributed by atoms with Crippen LogP contribution in [0.25, 0.3) is 0 Å². The van der Waals surface area contributed by atoms with Gasteiger partial charge in [-0.1, -0.05) is 26.0 Å². The lowest BCUT2D eigenvalue weighted by molar-refractivity contribution is -0.123. The van der Waals surface area contributed by atoms with Gasteiger partial charge in [-0.3, -0.25) is 4.79 Å². The van der Waals surface area contributed by atoms with Crippen LogP contribution >= 0.6 is 0 Å². The van der Waals surface area contributed by atoms with Crippen molar-refractivity contribution in [3.8, 4) is 17.2 Å². The molecule has 0 saturated heterocycles. The van der Waals surface area contributed by atoms with E-state index in [1.165, 1.54) is 5.56 Å². The summed E-state index contributed by atoms with van der Waals surface area (Å²) < 4.78 is 16.4. The Morgan fingerprint density at radius 2 is 1.42 bits per heavy atom. The second-order valence-electron chi connectivity index (χ2n) is 6.12. The van der Waals surface area contributed by atoms with E-state index >= 15 is 0 Å². The molecule has 0 radical (unpaired) electrons. The zero-order valence-corrected chi connectivity index (χ0v) is 15.7. The first-order valence-electron chi connectivity index (χ1n) is 8.93. The number of ether oxygens (including phenoxy) is 3. The molecule has 1 amide bonds. The van der Waals surface area contributed by atoms with Crippen LogP contribution in [0, 0.1) is 0 Å². The number of rotatable bonds is 10. The van der Waals surface area contributed by atoms with Crippen LogP contribution in [0.15, 0.2) is 48.5 Å². The van der Waals surface area contributed by atoms with Crippen LogP contribution in [0.4, 0.5) is 0 Å². The second-order valence-corrected chi connectivity index (χ2v) is 6.12. The largest absolute Gasteiger partial charge is 0.494 e. The first-order valence-corrected chi connectivity index (χ1v) is 8.93. The molecule has 0 aliphatic carbocycles. The molecule has 1 N–H and O–H groups in total. The molecule has 0 heterocycles. The van der Waals surface area contributed by atoms with Gasteiger partial charge < -0.3 is 19.5 Å². The molecule has 140 valence electrons. The topological polar surface area (TPSA) is 56.8 Å². The highest BCUT2D eigenvalue weighted by Crippen LogP contribution is 2.18. The minimum Gasteiger partial charge on any atom is -0.494 e. The summed E-state index contributed by atoms with van der Waals surface area (Å²) in [5.41, 5.74) is 1.24. The average molecular weight is 357 g/mol. The first-order chi connectivity index (χ1) is 12.6. The monoisotopic (exact) mass is 357 g/mol. The fourth-order valence-electron chi connectivity index (χ4n) is 2.31. The van der Waals surface area contributed by atoms with E-state index in [1.807, 2.05) is 55.5 Å². The van der Waals surface area contributed by atoms with Crippen LogP contribution in [0.5, 0.6) is 17.2 Å². The Bertz CT molecular complexity index is 665. The van der Waals surface area contributed by atoms with Crippen molar-refractivity contribution < 1.29 is 19.0 Å². The van der Waals surface area contributed by atoms with Crippen molar-refractivity contribution in [1.29, 1.82) is 0 Å². The van der Waals surface area contributed by atoms with Crippen molar-refractivity contribution in [2.75, 3.05) is 26.4 Å².